The van der Waals surface area contributed by atoms with Crippen LogP contribution in [0.2, 0.25) is 0 Å². The molecule has 1 fully saturated rings. The fraction of sp³-hybridized carbons (Fsp3) is 0.938. The number of alkyl carbamates (subject to hydrolysis) is 1. The lowest BCUT2D eigenvalue weighted by atomic mass is 9.67. The molecule has 0 aromatic rings. The first kappa shape index (κ1) is 17.3. The van der Waals surface area contributed by atoms with E-state index in [-0.39, 0.29) is 17.9 Å². The molecule has 118 valence electrons. The summed E-state index contributed by atoms with van der Waals surface area (Å²) in [5.74, 6) is 0.223. The molecule has 0 aromatic carbocycles. The van der Waals surface area contributed by atoms with Gasteiger partial charge in [-0.15, -0.1) is 0 Å². The second-order valence-electron chi connectivity index (χ2n) is 8.17. The first-order valence-corrected chi connectivity index (χ1v) is 7.61. The van der Waals surface area contributed by atoms with Crippen molar-refractivity contribution in [1.29, 1.82) is 0 Å². The molecular weight excluding hydrogens is 254 g/mol. The molecule has 1 amide bonds. The van der Waals surface area contributed by atoms with Gasteiger partial charge in [-0.25, -0.2) is 4.79 Å². The average molecular weight is 285 g/mol. The number of carbonyl (C=O) groups excluding carboxylic acids is 1. The Bertz CT molecular complexity index is 342. The number of nitrogens with one attached hydrogen (secondary N) is 1. The standard InChI is InChI=1S/C16H31NO3/c1-14(2,3)20-13(18)17-11-16(6,19)12-8-7-9-15(4,5)10-12/h12,19H,7-11H2,1-6H3,(H,17,18). The van der Waals surface area contributed by atoms with Gasteiger partial charge in [-0.05, 0) is 58.3 Å². The van der Waals surface area contributed by atoms with Gasteiger partial charge in [0.15, 0.2) is 0 Å². The monoisotopic (exact) mass is 285 g/mol. The van der Waals surface area contributed by atoms with Crippen LogP contribution < -0.4 is 5.32 Å². The van der Waals surface area contributed by atoms with E-state index in [1.54, 1.807) is 0 Å². The summed E-state index contributed by atoms with van der Waals surface area (Å²) in [6.07, 6.45) is 3.90. The molecule has 4 heteroatoms. The summed E-state index contributed by atoms with van der Waals surface area (Å²) in [5, 5.41) is 13.3. The number of hydrogen-bond donors (Lipinski definition) is 2. The average Bonchev–Trinajstić information content (AvgIpc) is 2.23. The Kier molecular flexibility index (Phi) is 5.12. The smallest absolute Gasteiger partial charge is 0.407 e. The van der Waals surface area contributed by atoms with Crippen LogP contribution in [0.3, 0.4) is 0 Å². The molecular formula is C16H31NO3. The van der Waals surface area contributed by atoms with Gasteiger partial charge in [0.25, 0.3) is 0 Å². The Labute approximate surface area is 123 Å². The highest BCUT2D eigenvalue weighted by atomic mass is 16.6. The summed E-state index contributed by atoms with van der Waals surface area (Å²) in [6, 6.07) is 0. The summed E-state index contributed by atoms with van der Waals surface area (Å²) in [7, 11) is 0. The van der Waals surface area contributed by atoms with Gasteiger partial charge in [-0.3, -0.25) is 0 Å². The fourth-order valence-electron chi connectivity index (χ4n) is 2.94. The van der Waals surface area contributed by atoms with Crippen molar-refractivity contribution in [2.24, 2.45) is 11.3 Å². The van der Waals surface area contributed by atoms with Crippen LogP contribution in [-0.4, -0.2) is 28.9 Å². The van der Waals surface area contributed by atoms with Gasteiger partial charge in [-0.1, -0.05) is 20.3 Å². The second-order valence-corrected chi connectivity index (χ2v) is 8.17. The summed E-state index contributed by atoms with van der Waals surface area (Å²) < 4.78 is 5.20. The number of aliphatic hydroxyl groups is 1. The molecule has 2 unspecified atom stereocenters. The Morgan fingerprint density at radius 1 is 1.35 bits per heavy atom. The first-order chi connectivity index (χ1) is 8.91. The SMILES string of the molecule is CC1(C)CCCC(C(C)(O)CNC(=O)OC(C)(C)C)C1. The number of ether oxygens (including phenoxy) is 1. The van der Waals surface area contributed by atoms with Gasteiger partial charge in [-0.2, -0.15) is 0 Å². The lowest BCUT2D eigenvalue weighted by molar-refractivity contribution is -0.0382. The summed E-state index contributed by atoms with van der Waals surface area (Å²) in [5.41, 5.74) is -1.11. The van der Waals surface area contributed by atoms with Crippen molar-refractivity contribution >= 4 is 6.09 Å². The Morgan fingerprint density at radius 2 is 1.95 bits per heavy atom. The molecule has 0 aliphatic heterocycles. The minimum absolute atomic E-state index is 0.223. The van der Waals surface area contributed by atoms with Crippen LogP contribution in [0.5, 0.6) is 0 Å². The molecule has 20 heavy (non-hydrogen) atoms. The first-order valence-electron chi connectivity index (χ1n) is 7.61. The largest absolute Gasteiger partial charge is 0.444 e. The van der Waals surface area contributed by atoms with E-state index in [4.69, 9.17) is 4.74 Å². The molecule has 1 saturated carbocycles. The van der Waals surface area contributed by atoms with Crippen molar-refractivity contribution in [2.45, 2.75) is 78.4 Å². The van der Waals surface area contributed by atoms with Crippen molar-refractivity contribution in [3.8, 4) is 0 Å². The number of amides is 1. The molecule has 0 saturated heterocycles. The van der Waals surface area contributed by atoms with Gasteiger partial charge < -0.3 is 15.2 Å². The predicted octanol–water partition coefficient (Wildman–Crippen LogP) is 3.48. The minimum atomic E-state index is -0.880. The second kappa shape index (κ2) is 5.92. The molecule has 1 aliphatic carbocycles. The maximum absolute atomic E-state index is 11.7. The highest BCUT2D eigenvalue weighted by Crippen LogP contribution is 2.42. The zero-order chi connectivity index (χ0) is 15.6. The Morgan fingerprint density at radius 3 is 2.45 bits per heavy atom. The molecule has 0 bridgehead atoms. The van der Waals surface area contributed by atoms with Crippen molar-refractivity contribution in [1.82, 2.24) is 5.32 Å². The van der Waals surface area contributed by atoms with Crippen LogP contribution in [-0.2, 0) is 4.74 Å². The van der Waals surface area contributed by atoms with Gasteiger partial charge in [0.2, 0.25) is 0 Å². The van der Waals surface area contributed by atoms with E-state index >= 15 is 0 Å². The van der Waals surface area contributed by atoms with E-state index in [0.29, 0.717) is 0 Å². The van der Waals surface area contributed by atoms with Crippen LogP contribution in [0.4, 0.5) is 4.79 Å². The molecule has 0 heterocycles. The van der Waals surface area contributed by atoms with Gasteiger partial charge in [0.05, 0.1) is 5.60 Å². The Hall–Kier alpha value is -0.770. The van der Waals surface area contributed by atoms with Crippen molar-refractivity contribution in [3.63, 3.8) is 0 Å². The normalized spacial score (nSPS) is 25.6. The minimum Gasteiger partial charge on any atom is -0.444 e. The van der Waals surface area contributed by atoms with Crippen molar-refractivity contribution in [2.75, 3.05) is 6.54 Å². The highest BCUT2D eigenvalue weighted by molar-refractivity contribution is 5.67. The lowest BCUT2D eigenvalue weighted by Gasteiger charge is -2.42. The van der Waals surface area contributed by atoms with Crippen molar-refractivity contribution in [3.05, 3.63) is 0 Å². The van der Waals surface area contributed by atoms with Crippen LogP contribution in [0.1, 0.15) is 67.2 Å². The molecule has 2 N–H and O–H groups in total. The molecule has 0 radical (unpaired) electrons. The zero-order valence-electron chi connectivity index (χ0n) is 13.9. The third kappa shape index (κ3) is 5.70. The topological polar surface area (TPSA) is 58.6 Å². The quantitative estimate of drug-likeness (QED) is 0.834. The van der Waals surface area contributed by atoms with E-state index in [0.717, 1.165) is 19.3 Å². The third-order valence-electron chi connectivity index (χ3n) is 4.07. The fourth-order valence-corrected chi connectivity index (χ4v) is 2.94. The van der Waals surface area contributed by atoms with Gasteiger partial charge in [0.1, 0.15) is 5.60 Å². The van der Waals surface area contributed by atoms with Crippen molar-refractivity contribution < 1.29 is 14.6 Å². The van der Waals surface area contributed by atoms with Crippen LogP contribution in [0.25, 0.3) is 0 Å². The summed E-state index contributed by atoms with van der Waals surface area (Å²) in [6.45, 7) is 12.0. The van der Waals surface area contributed by atoms with E-state index < -0.39 is 17.3 Å². The van der Waals surface area contributed by atoms with Crippen LogP contribution in [0.15, 0.2) is 0 Å². The Balaban J connectivity index is 2.51. The summed E-state index contributed by atoms with van der Waals surface area (Å²) in [4.78, 5) is 11.7. The molecule has 2 atom stereocenters. The van der Waals surface area contributed by atoms with Gasteiger partial charge >= 0.3 is 6.09 Å². The predicted molar refractivity (Wildman–Crippen MR) is 80.6 cm³/mol. The molecule has 0 spiro atoms. The van der Waals surface area contributed by atoms with E-state index in [2.05, 4.69) is 19.2 Å². The zero-order valence-corrected chi connectivity index (χ0v) is 13.9. The third-order valence-corrected chi connectivity index (χ3v) is 4.07. The van der Waals surface area contributed by atoms with E-state index in [1.807, 2.05) is 27.7 Å². The van der Waals surface area contributed by atoms with E-state index in [1.165, 1.54) is 6.42 Å². The maximum Gasteiger partial charge on any atom is 0.407 e. The van der Waals surface area contributed by atoms with E-state index in [9.17, 15) is 9.90 Å². The van der Waals surface area contributed by atoms with Gasteiger partial charge in [0, 0.05) is 6.54 Å². The highest BCUT2D eigenvalue weighted by Gasteiger charge is 2.39. The number of hydrogen-bond acceptors (Lipinski definition) is 3. The number of carbonyl (C=O) groups is 1. The molecule has 1 aliphatic rings. The summed E-state index contributed by atoms with van der Waals surface area (Å²) >= 11 is 0. The number of rotatable bonds is 3. The van der Waals surface area contributed by atoms with Crippen LogP contribution >= 0.6 is 0 Å². The molecule has 0 aromatic heterocycles. The maximum atomic E-state index is 11.7. The molecule has 4 nitrogen and oxygen atoms in total. The lowest BCUT2D eigenvalue weighted by Crippen LogP contribution is -2.49. The molecule has 1 rings (SSSR count). The van der Waals surface area contributed by atoms with Crippen LogP contribution in [0, 0.1) is 11.3 Å².